The van der Waals surface area contributed by atoms with E-state index in [1.165, 1.54) is 0 Å². The van der Waals surface area contributed by atoms with Gasteiger partial charge in [0.25, 0.3) is 11.8 Å². The Bertz CT molecular complexity index is 1170. The molecular formula is C25H20N2O3. The molecule has 0 heterocycles. The molecule has 2 N–H and O–H groups in total. The van der Waals surface area contributed by atoms with Crippen molar-refractivity contribution in [3.63, 3.8) is 0 Å². The van der Waals surface area contributed by atoms with E-state index in [1.54, 1.807) is 36.4 Å². The largest absolute Gasteiger partial charge is 0.484 e. The summed E-state index contributed by atoms with van der Waals surface area (Å²) in [6.07, 6.45) is 0. The van der Waals surface area contributed by atoms with Gasteiger partial charge in [0, 0.05) is 16.9 Å². The van der Waals surface area contributed by atoms with Crippen LogP contribution in [0, 0.1) is 0 Å². The Kier molecular flexibility index (Phi) is 5.71. The van der Waals surface area contributed by atoms with Gasteiger partial charge in [0.2, 0.25) is 0 Å². The molecule has 4 rings (SSSR count). The van der Waals surface area contributed by atoms with Crippen molar-refractivity contribution in [2.24, 2.45) is 0 Å². The van der Waals surface area contributed by atoms with E-state index in [0.29, 0.717) is 17.0 Å². The Balaban J connectivity index is 1.30. The van der Waals surface area contributed by atoms with E-state index in [-0.39, 0.29) is 18.4 Å². The van der Waals surface area contributed by atoms with Gasteiger partial charge in [-0.1, -0.05) is 48.5 Å². The third-order valence-corrected chi connectivity index (χ3v) is 4.55. The summed E-state index contributed by atoms with van der Waals surface area (Å²) in [5, 5.41) is 7.84. The number of carbonyl (C=O) groups excluding carboxylic acids is 2. The predicted molar refractivity (Wildman–Crippen MR) is 119 cm³/mol. The van der Waals surface area contributed by atoms with Gasteiger partial charge < -0.3 is 15.4 Å². The van der Waals surface area contributed by atoms with E-state index in [0.717, 1.165) is 16.5 Å². The van der Waals surface area contributed by atoms with Gasteiger partial charge in [0.15, 0.2) is 6.61 Å². The van der Waals surface area contributed by atoms with E-state index < -0.39 is 0 Å². The molecule has 2 amide bonds. The van der Waals surface area contributed by atoms with Crippen molar-refractivity contribution in [2.75, 3.05) is 17.2 Å². The molecule has 0 saturated carbocycles. The van der Waals surface area contributed by atoms with Crippen molar-refractivity contribution >= 4 is 34.0 Å². The first-order valence-electron chi connectivity index (χ1n) is 9.55. The van der Waals surface area contributed by atoms with E-state index in [4.69, 9.17) is 4.74 Å². The van der Waals surface area contributed by atoms with Crippen LogP contribution in [0.5, 0.6) is 5.75 Å². The number of ether oxygens (including phenoxy) is 1. The number of benzene rings is 4. The summed E-state index contributed by atoms with van der Waals surface area (Å²) in [6.45, 7) is -0.109. The van der Waals surface area contributed by atoms with Crippen LogP contribution >= 0.6 is 0 Å². The van der Waals surface area contributed by atoms with Gasteiger partial charge in [-0.2, -0.15) is 0 Å². The first-order valence-corrected chi connectivity index (χ1v) is 9.55. The quantitative estimate of drug-likeness (QED) is 0.476. The zero-order valence-electron chi connectivity index (χ0n) is 16.2. The van der Waals surface area contributed by atoms with E-state index in [9.17, 15) is 9.59 Å². The van der Waals surface area contributed by atoms with Crippen LogP contribution in [0.4, 0.5) is 11.4 Å². The number of hydrogen-bond donors (Lipinski definition) is 2. The van der Waals surface area contributed by atoms with Gasteiger partial charge in [0.1, 0.15) is 5.75 Å². The van der Waals surface area contributed by atoms with Crippen molar-refractivity contribution in [1.29, 1.82) is 0 Å². The smallest absolute Gasteiger partial charge is 0.262 e. The van der Waals surface area contributed by atoms with Crippen LogP contribution in [0.1, 0.15) is 10.4 Å². The minimum atomic E-state index is -0.244. The Morgan fingerprint density at radius 2 is 1.33 bits per heavy atom. The minimum absolute atomic E-state index is 0.109. The summed E-state index contributed by atoms with van der Waals surface area (Å²) in [5.74, 6) is 0.118. The Morgan fingerprint density at radius 3 is 2.10 bits per heavy atom. The number of hydrogen-bond acceptors (Lipinski definition) is 3. The van der Waals surface area contributed by atoms with Crippen molar-refractivity contribution < 1.29 is 14.3 Å². The summed E-state index contributed by atoms with van der Waals surface area (Å²) >= 11 is 0. The fourth-order valence-corrected chi connectivity index (χ4v) is 3.04. The molecule has 0 spiro atoms. The van der Waals surface area contributed by atoms with Gasteiger partial charge >= 0.3 is 0 Å². The molecule has 4 aromatic carbocycles. The lowest BCUT2D eigenvalue weighted by Crippen LogP contribution is -2.20. The second-order valence-electron chi connectivity index (χ2n) is 6.74. The fourth-order valence-electron chi connectivity index (χ4n) is 3.04. The highest BCUT2D eigenvalue weighted by molar-refractivity contribution is 6.04. The van der Waals surface area contributed by atoms with Gasteiger partial charge in [0.05, 0.1) is 0 Å². The molecular weight excluding hydrogens is 376 g/mol. The SMILES string of the molecule is O=C(COc1ccc(NC(=O)c2ccccc2)cc1)Nc1ccc2ccccc2c1. The van der Waals surface area contributed by atoms with Crippen LogP contribution < -0.4 is 15.4 Å². The third kappa shape index (κ3) is 4.83. The van der Waals surface area contributed by atoms with Crippen LogP contribution in [0.3, 0.4) is 0 Å². The van der Waals surface area contributed by atoms with Crippen molar-refractivity contribution in [3.8, 4) is 5.75 Å². The maximum absolute atomic E-state index is 12.2. The Hall–Kier alpha value is -4.12. The normalized spacial score (nSPS) is 10.4. The highest BCUT2D eigenvalue weighted by atomic mass is 16.5. The summed E-state index contributed by atoms with van der Waals surface area (Å²) in [5.41, 5.74) is 1.96. The van der Waals surface area contributed by atoms with Crippen molar-refractivity contribution in [2.45, 2.75) is 0 Å². The molecule has 0 radical (unpaired) electrons. The Morgan fingerprint density at radius 1 is 0.667 bits per heavy atom. The molecule has 0 aliphatic carbocycles. The number of amides is 2. The van der Waals surface area contributed by atoms with Crippen LogP contribution in [-0.4, -0.2) is 18.4 Å². The van der Waals surface area contributed by atoms with Crippen LogP contribution in [0.15, 0.2) is 97.1 Å². The lowest BCUT2D eigenvalue weighted by Gasteiger charge is -2.09. The van der Waals surface area contributed by atoms with Gasteiger partial charge in [-0.15, -0.1) is 0 Å². The minimum Gasteiger partial charge on any atom is -0.484 e. The summed E-state index contributed by atoms with van der Waals surface area (Å²) < 4.78 is 5.55. The lowest BCUT2D eigenvalue weighted by atomic mass is 10.1. The topological polar surface area (TPSA) is 67.4 Å². The van der Waals surface area contributed by atoms with Crippen molar-refractivity contribution in [3.05, 3.63) is 103 Å². The van der Waals surface area contributed by atoms with E-state index in [2.05, 4.69) is 10.6 Å². The van der Waals surface area contributed by atoms with Crippen LogP contribution in [-0.2, 0) is 4.79 Å². The van der Waals surface area contributed by atoms with Crippen molar-refractivity contribution in [1.82, 2.24) is 0 Å². The summed E-state index contributed by atoms with van der Waals surface area (Å²) in [7, 11) is 0. The first-order chi connectivity index (χ1) is 14.7. The average Bonchev–Trinajstić information content (AvgIpc) is 2.79. The molecule has 5 heteroatoms. The molecule has 0 aliphatic heterocycles. The molecule has 4 aromatic rings. The monoisotopic (exact) mass is 396 g/mol. The van der Waals surface area contributed by atoms with Gasteiger partial charge in [-0.3, -0.25) is 9.59 Å². The highest BCUT2D eigenvalue weighted by Gasteiger charge is 2.07. The maximum Gasteiger partial charge on any atom is 0.262 e. The standard InChI is InChI=1S/C25H20N2O3/c28-24(26-22-11-10-18-6-4-5-9-20(18)16-22)17-30-23-14-12-21(13-15-23)27-25(29)19-7-2-1-3-8-19/h1-16H,17H2,(H,26,28)(H,27,29). The lowest BCUT2D eigenvalue weighted by molar-refractivity contribution is -0.118. The first kappa shape index (κ1) is 19.2. The molecule has 0 unspecified atom stereocenters. The van der Waals surface area contributed by atoms with Crippen LogP contribution in [0.2, 0.25) is 0 Å². The number of nitrogens with one attached hydrogen (secondary N) is 2. The second-order valence-corrected chi connectivity index (χ2v) is 6.74. The molecule has 0 fully saturated rings. The zero-order chi connectivity index (χ0) is 20.8. The molecule has 5 nitrogen and oxygen atoms in total. The molecule has 0 saturated heterocycles. The molecule has 30 heavy (non-hydrogen) atoms. The number of anilines is 2. The fraction of sp³-hybridized carbons (Fsp3) is 0.0400. The third-order valence-electron chi connectivity index (χ3n) is 4.55. The van der Waals surface area contributed by atoms with E-state index >= 15 is 0 Å². The number of fused-ring (bicyclic) bond motifs is 1. The number of carbonyl (C=O) groups is 2. The highest BCUT2D eigenvalue weighted by Crippen LogP contribution is 2.19. The predicted octanol–water partition coefficient (Wildman–Crippen LogP) is 5.11. The average molecular weight is 396 g/mol. The molecule has 0 aromatic heterocycles. The number of rotatable bonds is 6. The maximum atomic E-state index is 12.2. The van der Waals surface area contributed by atoms with Crippen LogP contribution in [0.25, 0.3) is 10.8 Å². The Labute approximate surface area is 174 Å². The van der Waals surface area contributed by atoms with Gasteiger partial charge in [-0.05, 0) is 59.3 Å². The zero-order valence-corrected chi connectivity index (χ0v) is 16.2. The molecule has 148 valence electrons. The van der Waals surface area contributed by atoms with E-state index in [1.807, 2.05) is 60.7 Å². The molecule has 0 aliphatic rings. The molecule has 0 atom stereocenters. The summed E-state index contributed by atoms with van der Waals surface area (Å²) in [4.78, 5) is 24.4. The van der Waals surface area contributed by atoms with Gasteiger partial charge in [-0.25, -0.2) is 0 Å². The molecule has 0 bridgehead atoms. The second kappa shape index (κ2) is 8.92. The summed E-state index contributed by atoms with van der Waals surface area (Å²) in [6, 6.07) is 29.6.